The number of allylic oxidation sites excluding steroid dienone is 1. The number of hydrogen-bond acceptors (Lipinski definition) is 4. The summed E-state index contributed by atoms with van der Waals surface area (Å²) in [5.74, 6) is 2.51. The molecule has 0 radical (unpaired) electrons. The fourth-order valence-corrected chi connectivity index (χ4v) is 4.62. The van der Waals surface area contributed by atoms with Crippen molar-refractivity contribution in [3.8, 4) is 5.75 Å². The molecule has 158 valence electrons. The second-order valence-corrected chi connectivity index (χ2v) is 8.57. The van der Waals surface area contributed by atoms with Gasteiger partial charge in [-0.1, -0.05) is 72.4 Å². The summed E-state index contributed by atoms with van der Waals surface area (Å²) in [7, 11) is 0. The quantitative estimate of drug-likeness (QED) is 0.232. The molecule has 3 aromatic carbocycles. The van der Waals surface area contributed by atoms with Gasteiger partial charge in [0.2, 0.25) is 0 Å². The van der Waals surface area contributed by atoms with Crippen LogP contribution in [-0.4, -0.2) is 14.8 Å². The van der Waals surface area contributed by atoms with Gasteiger partial charge in [-0.2, -0.15) is 0 Å². The molecule has 0 spiro atoms. The van der Waals surface area contributed by atoms with Gasteiger partial charge in [0.15, 0.2) is 17.1 Å². The molecule has 0 saturated heterocycles. The molecule has 1 heterocycles. The second kappa shape index (κ2) is 9.40. The van der Waals surface area contributed by atoms with E-state index in [1.807, 2.05) is 25.1 Å². The predicted octanol–water partition coefficient (Wildman–Crippen LogP) is 6.67. The van der Waals surface area contributed by atoms with Crippen molar-refractivity contribution in [3.05, 3.63) is 95.8 Å². The Morgan fingerprint density at radius 1 is 1.03 bits per heavy atom. The number of ether oxygens (including phenoxy) is 1. The Hall–Kier alpha value is -3.05. The minimum atomic E-state index is -0.222. The summed E-state index contributed by atoms with van der Waals surface area (Å²) in [4.78, 5) is 0. The Labute approximate surface area is 188 Å². The summed E-state index contributed by atoms with van der Waals surface area (Å²) in [6, 6.07) is 21.0. The molecule has 4 nitrogen and oxygen atoms in total. The first-order valence-corrected chi connectivity index (χ1v) is 11.4. The van der Waals surface area contributed by atoms with Gasteiger partial charge in [-0.15, -0.1) is 16.8 Å². The largest absolute Gasteiger partial charge is 0.482 e. The van der Waals surface area contributed by atoms with Crippen molar-refractivity contribution in [3.63, 3.8) is 0 Å². The summed E-state index contributed by atoms with van der Waals surface area (Å²) in [5, 5.41) is 12.4. The van der Waals surface area contributed by atoms with E-state index >= 15 is 0 Å². The van der Waals surface area contributed by atoms with Gasteiger partial charge in [0.25, 0.3) is 0 Å². The van der Waals surface area contributed by atoms with E-state index in [4.69, 9.17) is 4.74 Å². The third-order valence-electron chi connectivity index (χ3n) is 5.52. The van der Waals surface area contributed by atoms with Crippen LogP contribution in [0.25, 0.3) is 10.8 Å². The highest BCUT2D eigenvalue weighted by Crippen LogP contribution is 2.30. The molecule has 0 fully saturated rings. The number of rotatable bonds is 8. The number of thioether (sulfide) groups is 1. The van der Waals surface area contributed by atoms with E-state index < -0.39 is 0 Å². The Morgan fingerprint density at radius 2 is 1.81 bits per heavy atom. The SMILES string of the molecule is C=CCn1c(SCc2cccc3ccccc23)nnc1C(C)Oc1cccc(C)c1C. The maximum Gasteiger partial charge on any atom is 0.191 e. The van der Waals surface area contributed by atoms with Crippen LogP contribution in [-0.2, 0) is 12.3 Å². The van der Waals surface area contributed by atoms with Gasteiger partial charge in [-0.3, -0.25) is 4.57 Å². The van der Waals surface area contributed by atoms with Gasteiger partial charge < -0.3 is 4.74 Å². The maximum absolute atomic E-state index is 6.27. The lowest BCUT2D eigenvalue weighted by Gasteiger charge is -2.18. The standard InChI is InChI=1S/C26H27N3OS/c1-5-16-29-25(20(4)30-24-15-8-10-18(2)19(24)3)27-28-26(29)31-17-22-13-9-12-21-11-6-7-14-23(21)22/h5-15,20H,1,16-17H2,2-4H3. The molecule has 1 aromatic heterocycles. The average molecular weight is 430 g/mol. The van der Waals surface area contributed by atoms with Crippen molar-refractivity contribution in [1.82, 2.24) is 14.8 Å². The summed E-state index contributed by atoms with van der Waals surface area (Å²) in [6.07, 6.45) is 1.65. The molecule has 0 saturated carbocycles. The van der Waals surface area contributed by atoms with Crippen molar-refractivity contribution in [1.29, 1.82) is 0 Å². The van der Waals surface area contributed by atoms with Crippen LogP contribution in [0.5, 0.6) is 5.75 Å². The third kappa shape index (κ3) is 4.52. The highest BCUT2D eigenvalue weighted by molar-refractivity contribution is 7.98. The van der Waals surface area contributed by atoms with E-state index in [9.17, 15) is 0 Å². The number of fused-ring (bicyclic) bond motifs is 1. The Balaban J connectivity index is 1.57. The van der Waals surface area contributed by atoms with Gasteiger partial charge in [0.1, 0.15) is 5.75 Å². The number of hydrogen-bond donors (Lipinski definition) is 0. The number of benzene rings is 3. The molecule has 0 N–H and O–H groups in total. The lowest BCUT2D eigenvalue weighted by Crippen LogP contribution is -2.12. The first-order chi connectivity index (χ1) is 15.1. The number of aromatic nitrogens is 3. The van der Waals surface area contributed by atoms with Crippen molar-refractivity contribution in [2.45, 2.75) is 44.3 Å². The summed E-state index contributed by atoms with van der Waals surface area (Å²) in [5.41, 5.74) is 3.65. The zero-order chi connectivity index (χ0) is 21.8. The molecule has 1 atom stereocenters. The molecular formula is C26H27N3OS. The molecule has 0 bridgehead atoms. The van der Waals surface area contributed by atoms with Crippen molar-refractivity contribution < 1.29 is 4.74 Å². The summed E-state index contributed by atoms with van der Waals surface area (Å²) >= 11 is 1.69. The maximum atomic E-state index is 6.27. The Bertz CT molecular complexity index is 1210. The predicted molar refractivity (Wildman–Crippen MR) is 129 cm³/mol. The van der Waals surface area contributed by atoms with Crippen molar-refractivity contribution in [2.75, 3.05) is 0 Å². The lowest BCUT2D eigenvalue weighted by molar-refractivity contribution is 0.209. The van der Waals surface area contributed by atoms with E-state index in [-0.39, 0.29) is 6.10 Å². The topological polar surface area (TPSA) is 39.9 Å². The number of aryl methyl sites for hydroxylation is 1. The monoisotopic (exact) mass is 429 g/mol. The highest BCUT2D eigenvalue weighted by Gasteiger charge is 2.20. The van der Waals surface area contributed by atoms with E-state index in [0.717, 1.165) is 28.0 Å². The van der Waals surface area contributed by atoms with Gasteiger partial charge in [0, 0.05) is 12.3 Å². The van der Waals surface area contributed by atoms with Crippen LogP contribution < -0.4 is 4.74 Å². The molecule has 0 aliphatic carbocycles. The zero-order valence-electron chi connectivity index (χ0n) is 18.2. The Morgan fingerprint density at radius 3 is 2.65 bits per heavy atom. The van der Waals surface area contributed by atoms with E-state index in [2.05, 4.69) is 83.7 Å². The molecule has 0 aliphatic rings. The number of nitrogens with zero attached hydrogens (tertiary/aromatic N) is 3. The van der Waals surface area contributed by atoms with Crippen molar-refractivity contribution >= 4 is 22.5 Å². The fraction of sp³-hybridized carbons (Fsp3) is 0.231. The van der Waals surface area contributed by atoms with Crippen LogP contribution in [0.4, 0.5) is 0 Å². The van der Waals surface area contributed by atoms with Crippen LogP contribution >= 0.6 is 11.8 Å². The van der Waals surface area contributed by atoms with Crippen LogP contribution in [0.15, 0.2) is 78.5 Å². The summed E-state index contributed by atoms with van der Waals surface area (Å²) in [6.45, 7) is 10.8. The van der Waals surface area contributed by atoms with Crippen LogP contribution in [0.3, 0.4) is 0 Å². The van der Waals surface area contributed by atoms with Gasteiger partial charge in [-0.25, -0.2) is 0 Å². The van der Waals surface area contributed by atoms with Gasteiger partial charge in [-0.05, 0) is 54.3 Å². The highest BCUT2D eigenvalue weighted by atomic mass is 32.2. The first kappa shape index (κ1) is 21.2. The van der Waals surface area contributed by atoms with E-state index in [1.165, 1.54) is 21.9 Å². The van der Waals surface area contributed by atoms with Gasteiger partial charge >= 0.3 is 0 Å². The van der Waals surface area contributed by atoms with Gasteiger partial charge in [0.05, 0.1) is 0 Å². The van der Waals surface area contributed by atoms with Crippen LogP contribution in [0.1, 0.15) is 35.5 Å². The molecule has 4 aromatic rings. The van der Waals surface area contributed by atoms with Crippen LogP contribution in [0.2, 0.25) is 0 Å². The fourth-order valence-electron chi connectivity index (χ4n) is 3.66. The molecule has 1 unspecified atom stereocenters. The van der Waals surface area contributed by atoms with Crippen LogP contribution in [0, 0.1) is 13.8 Å². The van der Waals surface area contributed by atoms with E-state index in [1.54, 1.807) is 11.8 Å². The Kier molecular flexibility index (Phi) is 6.42. The molecular weight excluding hydrogens is 402 g/mol. The lowest BCUT2D eigenvalue weighted by atomic mass is 10.1. The minimum Gasteiger partial charge on any atom is -0.482 e. The minimum absolute atomic E-state index is 0.222. The van der Waals surface area contributed by atoms with E-state index in [0.29, 0.717) is 6.54 Å². The summed E-state index contributed by atoms with van der Waals surface area (Å²) < 4.78 is 8.36. The second-order valence-electron chi connectivity index (χ2n) is 7.63. The first-order valence-electron chi connectivity index (χ1n) is 10.4. The molecule has 31 heavy (non-hydrogen) atoms. The average Bonchev–Trinajstić information content (AvgIpc) is 3.18. The smallest absolute Gasteiger partial charge is 0.191 e. The molecule has 0 aliphatic heterocycles. The normalized spacial score (nSPS) is 12.1. The van der Waals surface area contributed by atoms with Crippen molar-refractivity contribution in [2.24, 2.45) is 0 Å². The molecule has 0 amide bonds. The third-order valence-corrected chi connectivity index (χ3v) is 6.53. The molecule has 5 heteroatoms. The zero-order valence-corrected chi connectivity index (χ0v) is 19.0. The molecule has 4 rings (SSSR count).